The highest BCUT2D eigenvalue weighted by Crippen LogP contribution is 2.21. The number of ether oxygens (including phenoxy) is 1. The van der Waals surface area contributed by atoms with Crippen LogP contribution in [0.3, 0.4) is 0 Å². The number of anilines is 1. The van der Waals surface area contributed by atoms with Gasteiger partial charge in [-0.3, -0.25) is 9.52 Å². The summed E-state index contributed by atoms with van der Waals surface area (Å²) in [5.41, 5.74) is 2.54. The zero-order chi connectivity index (χ0) is 23.5. The highest BCUT2D eigenvalue weighted by molar-refractivity contribution is 7.92. The Morgan fingerprint density at radius 2 is 1.61 bits per heavy atom. The first-order chi connectivity index (χ1) is 15.9. The van der Waals surface area contributed by atoms with Crippen LogP contribution in [-0.2, 0) is 27.7 Å². The van der Waals surface area contributed by atoms with Crippen LogP contribution in [0.1, 0.15) is 36.8 Å². The van der Waals surface area contributed by atoms with Gasteiger partial charge >= 0.3 is 5.97 Å². The van der Waals surface area contributed by atoms with E-state index in [1.165, 1.54) is 0 Å². The molecule has 33 heavy (non-hydrogen) atoms. The maximum atomic E-state index is 12.5. The number of carboxylic acids is 1. The fourth-order valence-electron chi connectivity index (χ4n) is 3.49. The van der Waals surface area contributed by atoms with E-state index in [1.807, 2.05) is 42.5 Å². The van der Waals surface area contributed by atoms with Crippen molar-refractivity contribution in [1.82, 2.24) is 0 Å². The molecule has 0 aliphatic carbocycles. The van der Waals surface area contributed by atoms with Crippen molar-refractivity contribution in [1.29, 1.82) is 0 Å². The van der Waals surface area contributed by atoms with Crippen LogP contribution >= 0.6 is 0 Å². The predicted molar refractivity (Wildman–Crippen MR) is 129 cm³/mol. The molecule has 0 saturated carbocycles. The third-order valence-corrected chi connectivity index (χ3v) is 6.58. The number of unbranched alkanes of at least 4 members (excludes halogenated alkanes) is 2. The molecule has 0 amide bonds. The van der Waals surface area contributed by atoms with E-state index in [1.54, 1.807) is 36.4 Å². The molecule has 174 valence electrons. The first kappa shape index (κ1) is 24.3. The monoisotopic (exact) mass is 467 g/mol. The van der Waals surface area contributed by atoms with Crippen molar-refractivity contribution in [3.05, 3.63) is 90.0 Å². The standard InChI is InChI=1S/C26H29NO5S/c28-26(29)18-17-22-12-6-7-16-25(22)32-19-8-2-3-10-21-11-9-13-23(20-21)27-33(30,31)24-14-4-1-5-15-24/h1,4-7,9,11-16,20,27H,2-3,8,10,17-19H2,(H,28,29). The van der Waals surface area contributed by atoms with Gasteiger partial charge in [0, 0.05) is 12.1 Å². The van der Waals surface area contributed by atoms with Gasteiger partial charge in [-0.25, -0.2) is 8.42 Å². The Morgan fingerprint density at radius 3 is 2.39 bits per heavy atom. The second-order valence-corrected chi connectivity index (χ2v) is 9.46. The summed E-state index contributed by atoms with van der Waals surface area (Å²) in [5.74, 6) is -0.0705. The Hall–Kier alpha value is -3.32. The molecule has 0 aliphatic rings. The van der Waals surface area contributed by atoms with Crippen LogP contribution in [0.25, 0.3) is 0 Å². The second kappa shape index (κ2) is 12.1. The summed E-state index contributed by atoms with van der Waals surface area (Å²) in [4.78, 5) is 11.0. The third kappa shape index (κ3) is 7.95. The number of nitrogens with one attached hydrogen (secondary N) is 1. The highest BCUT2D eigenvalue weighted by Gasteiger charge is 2.13. The molecule has 0 fully saturated rings. The number of carboxylic acid groups (broad SMARTS) is 1. The maximum absolute atomic E-state index is 12.5. The zero-order valence-electron chi connectivity index (χ0n) is 18.4. The maximum Gasteiger partial charge on any atom is 0.303 e. The van der Waals surface area contributed by atoms with Gasteiger partial charge < -0.3 is 9.84 Å². The molecule has 0 unspecified atom stereocenters. The van der Waals surface area contributed by atoms with Crippen molar-refractivity contribution in [2.45, 2.75) is 43.4 Å². The molecule has 0 atom stereocenters. The topological polar surface area (TPSA) is 92.7 Å². The minimum absolute atomic E-state index is 0.0843. The lowest BCUT2D eigenvalue weighted by atomic mass is 10.1. The molecule has 3 aromatic rings. The number of aryl methyl sites for hydroxylation is 2. The van der Waals surface area contributed by atoms with Gasteiger partial charge in [-0.05, 0) is 73.6 Å². The molecule has 3 rings (SSSR count). The number of carbonyl (C=O) groups is 1. The highest BCUT2D eigenvalue weighted by atomic mass is 32.2. The SMILES string of the molecule is O=C(O)CCc1ccccc1OCCCCCc1cccc(NS(=O)(=O)c2ccccc2)c1. The first-order valence-electron chi connectivity index (χ1n) is 11.0. The minimum atomic E-state index is -3.60. The molecule has 6 nitrogen and oxygen atoms in total. The molecule has 0 spiro atoms. The lowest BCUT2D eigenvalue weighted by molar-refractivity contribution is -0.136. The second-order valence-electron chi connectivity index (χ2n) is 7.78. The number of sulfonamides is 1. The molecular weight excluding hydrogens is 438 g/mol. The molecular formula is C26H29NO5S. The van der Waals surface area contributed by atoms with Crippen molar-refractivity contribution < 1.29 is 23.1 Å². The van der Waals surface area contributed by atoms with Crippen molar-refractivity contribution in [3.8, 4) is 5.75 Å². The molecule has 3 aromatic carbocycles. The van der Waals surface area contributed by atoms with Gasteiger partial charge in [-0.2, -0.15) is 0 Å². The summed E-state index contributed by atoms with van der Waals surface area (Å²) in [6.07, 6.45) is 4.19. The third-order valence-electron chi connectivity index (χ3n) is 5.18. The Morgan fingerprint density at radius 1 is 0.848 bits per heavy atom. The largest absolute Gasteiger partial charge is 0.493 e. The van der Waals surface area contributed by atoms with Crippen molar-refractivity contribution in [3.63, 3.8) is 0 Å². The lowest BCUT2D eigenvalue weighted by Gasteiger charge is -2.11. The molecule has 2 N–H and O–H groups in total. The van der Waals surface area contributed by atoms with Crippen LogP contribution in [0.5, 0.6) is 5.75 Å². The fourth-order valence-corrected chi connectivity index (χ4v) is 4.56. The van der Waals surface area contributed by atoms with Crippen molar-refractivity contribution >= 4 is 21.7 Å². The van der Waals surface area contributed by atoms with E-state index in [0.717, 1.165) is 42.6 Å². The Labute approximate surface area is 195 Å². The van der Waals surface area contributed by atoms with Crippen LogP contribution in [0.4, 0.5) is 5.69 Å². The predicted octanol–water partition coefficient (Wildman–Crippen LogP) is 5.30. The first-order valence-corrected chi connectivity index (χ1v) is 12.5. The summed E-state index contributed by atoms with van der Waals surface area (Å²) in [6, 6.07) is 23.3. The van der Waals surface area contributed by atoms with Gasteiger partial charge in [-0.15, -0.1) is 0 Å². The zero-order valence-corrected chi connectivity index (χ0v) is 19.3. The van der Waals surface area contributed by atoms with Crippen LogP contribution in [-0.4, -0.2) is 26.1 Å². The van der Waals surface area contributed by atoms with Crippen molar-refractivity contribution in [2.24, 2.45) is 0 Å². The smallest absolute Gasteiger partial charge is 0.303 e. The van der Waals surface area contributed by atoms with Crippen molar-refractivity contribution in [2.75, 3.05) is 11.3 Å². The average molecular weight is 468 g/mol. The minimum Gasteiger partial charge on any atom is -0.493 e. The summed E-state index contributed by atoms with van der Waals surface area (Å²) >= 11 is 0. The molecule has 0 saturated heterocycles. The number of rotatable bonds is 13. The van der Waals surface area contributed by atoms with E-state index in [0.29, 0.717) is 18.7 Å². The fraction of sp³-hybridized carbons (Fsp3) is 0.269. The number of para-hydroxylation sites is 1. The molecule has 0 aromatic heterocycles. The van der Waals surface area contributed by atoms with E-state index < -0.39 is 16.0 Å². The van der Waals surface area contributed by atoms with Gasteiger partial charge in [0.05, 0.1) is 11.5 Å². The molecule has 7 heteroatoms. The van der Waals surface area contributed by atoms with E-state index in [9.17, 15) is 13.2 Å². The summed E-state index contributed by atoms with van der Waals surface area (Å²) < 4.78 is 33.5. The number of benzene rings is 3. The van der Waals surface area contributed by atoms with Crippen LogP contribution in [0.2, 0.25) is 0 Å². The summed E-state index contributed by atoms with van der Waals surface area (Å²) in [5, 5.41) is 8.88. The van der Waals surface area contributed by atoms with E-state index in [2.05, 4.69) is 4.72 Å². The van der Waals surface area contributed by atoms with Gasteiger partial charge in [-0.1, -0.05) is 48.5 Å². The molecule has 0 aliphatic heterocycles. The number of aliphatic carboxylic acids is 1. The van der Waals surface area contributed by atoms with Gasteiger partial charge in [0.15, 0.2) is 0 Å². The van der Waals surface area contributed by atoms with Gasteiger partial charge in [0.1, 0.15) is 5.75 Å². The molecule has 0 heterocycles. The van der Waals surface area contributed by atoms with Crippen LogP contribution in [0, 0.1) is 0 Å². The van der Waals surface area contributed by atoms with E-state index in [4.69, 9.17) is 9.84 Å². The quantitative estimate of drug-likeness (QED) is 0.333. The normalized spacial score (nSPS) is 11.2. The Kier molecular flexibility index (Phi) is 8.89. The Balaban J connectivity index is 1.43. The van der Waals surface area contributed by atoms with Gasteiger partial charge in [0.25, 0.3) is 10.0 Å². The lowest BCUT2D eigenvalue weighted by Crippen LogP contribution is -2.12. The van der Waals surface area contributed by atoms with E-state index >= 15 is 0 Å². The van der Waals surface area contributed by atoms with E-state index in [-0.39, 0.29) is 11.3 Å². The van der Waals surface area contributed by atoms with Crippen LogP contribution < -0.4 is 9.46 Å². The van der Waals surface area contributed by atoms with Crippen LogP contribution in [0.15, 0.2) is 83.8 Å². The summed E-state index contributed by atoms with van der Waals surface area (Å²) in [6.45, 7) is 0.570. The van der Waals surface area contributed by atoms with Gasteiger partial charge in [0.2, 0.25) is 0 Å². The summed E-state index contributed by atoms with van der Waals surface area (Å²) in [7, 11) is -3.60. The molecule has 0 radical (unpaired) electrons. The Bertz CT molecular complexity index is 1150. The number of hydrogen-bond acceptors (Lipinski definition) is 4. The molecule has 0 bridgehead atoms. The number of hydrogen-bond donors (Lipinski definition) is 2. The average Bonchev–Trinajstić information content (AvgIpc) is 2.81.